The molecular formula is C11H8N2O2. The summed E-state index contributed by atoms with van der Waals surface area (Å²) < 4.78 is 4.52. The van der Waals surface area contributed by atoms with Crippen molar-refractivity contribution in [1.82, 2.24) is 0 Å². The van der Waals surface area contributed by atoms with Crippen LogP contribution in [0.4, 0.5) is 0 Å². The van der Waals surface area contributed by atoms with Gasteiger partial charge in [0.1, 0.15) is 6.07 Å². The van der Waals surface area contributed by atoms with E-state index in [1.54, 1.807) is 6.92 Å². The smallest absolute Gasteiger partial charge is 0.339 e. The van der Waals surface area contributed by atoms with Crippen LogP contribution in [0.1, 0.15) is 27.0 Å². The topological polar surface area (TPSA) is 73.9 Å². The van der Waals surface area contributed by atoms with E-state index in [2.05, 4.69) is 4.74 Å². The summed E-state index contributed by atoms with van der Waals surface area (Å²) in [5, 5.41) is 17.6. The number of rotatable bonds is 1. The van der Waals surface area contributed by atoms with E-state index >= 15 is 0 Å². The van der Waals surface area contributed by atoms with Crippen molar-refractivity contribution in [2.24, 2.45) is 0 Å². The van der Waals surface area contributed by atoms with E-state index in [1.807, 2.05) is 12.1 Å². The molecule has 1 rings (SSSR count). The van der Waals surface area contributed by atoms with Gasteiger partial charge in [-0.05, 0) is 24.6 Å². The average molecular weight is 200 g/mol. The maximum atomic E-state index is 11.3. The van der Waals surface area contributed by atoms with Crippen LogP contribution in [0.2, 0.25) is 0 Å². The van der Waals surface area contributed by atoms with Gasteiger partial charge < -0.3 is 4.74 Å². The number of aryl methyl sites for hydroxylation is 1. The normalized spacial score (nSPS) is 8.80. The lowest BCUT2D eigenvalue weighted by Crippen LogP contribution is -2.05. The van der Waals surface area contributed by atoms with Crippen LogP contribution in [0.25, 0.3) is 0 Å². The highest BCUT2D eigenvalue weighted by Gasteiger charge is 2.14. The molecule has 0 fully saturated rings. The van der Waals surface area contributed by atoms with E-state index in [0.717, 1.165) is 0 Å². The van der Waals surface area contributed by atoms with Crippen LogP contribution >= 0.6 is 0 Å². The quantitative estimate of drug-likeness (QED) is 0.644. The number of hydrogen-bond donors (Lipinski definition) is 0. The summed E-state index contributed by atoms with van der Waals surface area (Å²) in [5.74, 6) is -0.608. The van der Waals surface area contributed by atoms with Gasteiger partial charge in [0.2, 0.25) is 0 Å². The predicted octanol–water partition coefficient (Wildman–Crippen LogP) is 1.52. The maximum Gasteiger partial charge on any atom is 0.339 e. The zero-order valence-electron chi connectivity index (χ0n) is 8.37. The summed E-state index contributed by atoms with van der Waals surface area (Å²) in [6, 6.07) is 6.72. The molecule has 1 aromatic carbocycles. The predicted molar refractivity (Wildman–Crippen MR) is 51.9 cm³/mol. The molecule has 0 aliphatic carbocycles. The van der Waals surface area contributed by atoms with Crippen LogP contribution in [0, 0.1) is 29.6 Å². The second-order valence-corrected chi connectivity index (χ2v) is 2.93. The Morgan fingerprint density at radius 1 is 1.27 bits per heavy atom. The molecule has 0 aliphatic heterocycles. The van der Waals surface area contributed by atoms with Gasteiger partial charge >= 0.3 is 5.97 Å². The van der Waals surface area contributed by atoms with E-state index < -0.39 is 5.97 Å². The summed E-state index contributed by atoms with van der Waals surface area (Å²) in [4.78, 5) is 11.3. The van der Waals surface area contributed by atoms with E-state index in [1.165, 1.54) is 19.2 Å². The molecule has 0 spiro atoms. The number of nitriles is 2. The Kier molecular flexibility index (Phi) is 3.05. The average Bonchev–Trinajstić information content (AvgIpc) is 2.27. The van der Waals surface area contributed by atoms with Gasteiger partial charge in [0.05, 0.1) is 29.9 Å². The van der Waals surface area contributed by atoms with Gasteiger partial charge in [-0.2, -0.15) is 10.5 Å². The summed E-state index contributed by atoms with van der Waals surface area (Å²) >= 11 is 0. The lowest BCUT2D eigenvalue weighted by atomic mass is 10.0. The summed E-state index contributed by atoms with van der Waals surface area (Å²) in [5.41, 5.74) is 1.39. The molecule has 0 saturated carbocycles. The third kappa shape index (κ3) is 1.95. The Hall–Kier alpha value is -2.33. The Labute approximate surface area is 87.3 Å². The lowest BCUT2D eigenvalue weighted by Gasteiger charge is -2.04. The first-order chi connectivity index (χ1) is 7.13. The fourth-order valence-corrected chi connectivity index (χ4v) is 1.20. The van der Waals surface area contributed by atoms with Crippen LogP contribution in [0.3, 0.4) is 0 Å². The molecule has 4 heteroatoms. The van der Waals surface area contributed by atoms with Crippen molar-refractivity contribution in [2.75, 3.05) is 7.11 Å². The van der Waals surface area contributed by atoms with Crippen LogP contribution in [-0.2, 0) is 4.74 Å². The molecule has 4 nitrogen and oxygen atoms in total. The van der Waals surface area contributed by atoms with Crippen molar-refractivity contribution in [2.45, 2.75) is 6.92 Å². The second kappa shape index (κ2) is 4.26. The SMILES string of the molecule is COC(=O)c1cc(C#N)c(C)cc1C#N. The first-order valence-electron chi connectivity index (χ1n) is 4.17. The van der Waals surface area contributed by atoms with Crippen molar-refractivity contribution in [3.05, 3.63) is 34.4 Å². The first kappa shape index (κ1) is 10.7. The summed E-state index contributed by atoms with van der Waals surface area (Å²) in [6.45, 7) is 1.71. The number of methoxy groups -OCH3 is 1. The monoisotopic (exact) mass is 200 g/mol. The standard InChI is InChI=1S/C11H8N2O2/c1-7-3-9(6-13)10(11(14)15-2)4-8(7)5-12/h3-4H,1-2H3. The van der Waals surface area contributed by atoms with E-state index in [9.17, 15) is 4.79 Å². The molecule has 15 heavy (non-hydrogen) atoms. The van der Waals surface area contributed by atoms with Gasteiger partial charge in [-0.3, -0.25) is 0 Å². The third-order valence-electron chi connectivity index (χ3n) is 2.01. The molecule has 0 radical (unpaired) electrons. The van der Waals surface area contributed by atoms with E-state index in [4.69, 9.17) is 10.5 Å². The number of ether oxygens (including phenoxy) is 1. The Balaban J connectivity index is 3.45. The molecule has 0 aliphatic rings. The van der Waals surface area contributed by atoms with Crippen LogP contribution < -0.4 is 0 Å². The molecule has 0 bridgehead atoms. The zero-order chi connectivity index (χ0) is 11.4. The molecule has 0 aromatic heterocycles. The second-order valence-electron chi connectivity index (χ2n) is 2.93. The molecule has 0 atom stereocenters. The van der Waals surface area contributed by atoms with Gasteiger partial charge in [0.25, 0.3) is 0 Å². The van der Waals surface area contributed by atoms with Crippen molar-refractivity contribution < 1.29 is 9.53 Å². The van der Waals surface area contributed by atoms with Gasteiger partial charge in [0, 0.05) is 0 Å². The number of benzene rings is 1. The zero-order valence-corrected chi connectivity index (χ0v) is 8.37. The highest BCUT2D eigenvalue weighted by molar-refractivity contribution is 5.92. The first-order valence-corrected chi connectivity index (χ1v) is 4.17. The third-order valence-corrected chi connectivity index (χ3v) is 2.01. The summed E-state index contributed by atoms with van der Waals surface area (Å²) in [6.07, 6.45) is 0. The fraction of sp³-hybridized carbons (Fsp3) is 0.182. The van der Waals surface area contributed by atoms with Gasteiger partial charge in [-0.1, -0.05) is 0 Å². The molecule has 0 unspecified atom stereocenters. The lowest BCUT2D eigenvalue weighted by molar-refractivity contribution is 0.0600. The van der Waals surface area contributed by atoms with Crippen LogP contribution in [0.5, 0.6) is 0 Å². The molecule has 0 amide bonds. The van der Waals surface area contributed by atoms with Gasteiger partial charge in [0.15, 0.2) is 0 Å². The Morgan fingerprint density at radius 3 is 2.33 bits per heavy atom. The van der Waals surface area contributed by atoms with E-state index in [-0.39, 0.29) is 11.1 Å². The number of nitrogens with zero attached hydrogens (tertiary/aromatic N) is 2. The van der Waals surface area contributed by atoms with Crippen molar-refractivity contribution >= 4 is 5.97 Å². The van der Waals surface area contributed by atoms with Gasteiger partial charge in [-0.25, -0.2) is 4.79 Å². The number of esters is 1. The molecule has 0 saturated heterocycles. The molecule has 1 aromatic rings. The molecular weight excluding hydrogens is 192 g/mol. The Morgan fingerprint density at radius 2 is 1.87 bits per heavy atom. The van der Waals surface area contributed by atoms with E-state index in [0.29, 0.717) is 11.1 Å². The minimum absolute atomic E-state index is 0.127. The number of carbonyl (C=O) groups excluding carboxylic acids is 1. The maximum absolute atomic E-state index is 11.3. The van der Waals surface area contributed by atoms with Crippen LogP contribution in [-0.4, -0.2) is 13.1 Å². The minimum atomic E-state index is -0.608. The Bertz CT molecular complexity index is 493. The number of carbonyl (C=O) groups is 1. The van der Waals surface area contributed by atoms with Gasteiger partial charge in [-0.15, -0.1) is 0 Å². The highest BCUT2D eigenvalue weighted by Crippen LogP contribution is 2.16. The summed E-state index contributed by atoms with van der Waals surface area (Å²) in [7, 11) is 1.23. The highest BCUT2D eigenvalue weighted by atomic mass is 16.5. The van der Waals surface area contributed by atoms with Crippen molar-refractivity contribution in [3.8, 4) is 12.1 Å². The molecule has 0 N–H and O–H groups in total. The largest absolute Gasteiger partial charge is 0.465 e. The number of hydrogen-bond acceptors (Lipinski definition) is 4. The molecule has 0 heterocycles. The molecule has 74 valence electrons. The fourth-order valence-electron chi connectivity index (χ4n) is 1.20. The minimum Gasteiger partial charge on any atom is -0.465 e. The van der Waals surface area contributed by atoms with Crippen LogP contribution in [0.15, 0.2) is 12.1 Å². The van der Waals surface area contributed by atoms with Crippen molar-refractivity contribution in [1.29, 1.82) is 10.5 Å². The van der Waals surface area contributed by atoms with Crippen molar-refractivity contribution in [3.63, 3.8) is 0 Å².